The number of aliphatic hydroxyl groups is 1. The second-order valence-corrected chi connectivity index (χ2v) is 4.58. The molecule has 96 valence electrons. The van der Waals surface area contributed by atoms with Gasteiger partial charge in [0.1, 0.15) is 11.9 Å². The first-order chi connectivity index (χ1) is 8.66. The number of hydrogen-bond acceptors (Lipinski definition) is 4. The van der Waals surface area contributed by atoms with Crippen LogP contribution in [0.1, 0.15) is 25.2 Å². The van der Waals surface area contributed by atoms with E-state index in [2.05, 4.69) is 10.3 Å². The molecule has 5 heteroatoms. The number of anilines is 1. The van der Waals surface area contributed by atoms with Gasteiger partial charge in [-0.3, -0.25) is 4.98 Å². The molecule has 18 heavy (non-hydrogen) atoms. The van der Waals surface area contributed by atoms with E-state index in [4.69, 9.17) is 16.0 Å². The van der Waals surface area contributed by atoms with Crippen LogP contribution in [0.2, 0.25) is 5.02 Å². The molecule has 0 fully saturated rings. The second kappa shape index (κ2) is 5.89. The van der Waals surface area contributed by atoms with E-state index in [0.717, 1.165) is 5.69 Å². The third-order valence-corrected chi connectivity index (χ3v) is 2.92. The van der Waals surface area contributed by atoms with Gasteiger partial charge in [0.25, 0.3) is 0 Å². The quantitative estimate of drug-likeness (QED) is 0.872. The minimum Gasteiger partial charge on any atom is -0.467 e. The maximum absolute atomic E-state index is 9.95. The standard InChI is InChI=1S/C13H15ClN2O2/c1-9(7-12(17)13-3-2-6-18-13)16-11-4-5-15-8-10(11)14/h2-6,8-9,12,17H,7H2,1H3,(H,15,16)/t9-,12+/m1/s1. The van der Waals surface area contributed by atoms with E-state index in [0.29, 0.717) is 17.2 Å². The lowest BCUT2D eigenvalue weighted by Gasteiger charge is -2.18. The zero-order chi connectivity index (χ0) is 13.0. The van der Waals surface area contributed by atoms with E-state index in [1.54, 1.807) is 36.9 Å². The molecule has 2 aromatic rings. The van der Waals surface area contributed by atoms with E-state index < -0.39 is 6.10 Å². The maximum Gasteiger partial charge on any atom is 0.132 e. The smallest absolute Gasteiger partial charge is 0.132 e. The molecule has 0 aliphatic heterocycles. The summed E-state index contributed by atoms with van der Waals surface area (Å²) in [6.45, 7) is 1.98. The van der Waals surface area contributed by atoms with Crippen LogP contribution in [0.25, 0.3) is 0 Å². The molecule has 0 unspecified atom stereocenters. The Labute approximate surface area is 111 Å². The molecule has 0 saturated carbocycles. The van der Waals surface area contributed by atoms with Crippen LogP contribution >= 0.6 is 11.6 Å². The van der Waals surface area contributed by atoms with Crippen molar-refractivity contribution in [1.82, 2.24) is 4.98 Å². The Morgan fingerprint density at radius 2 is 2.33 bits per heavy atom. The van der Waals surface area contributed by atoms with Gasteiger partial charge >= 0.3 is 0 Å². The van der Waals surface area contributed by atoms with Gasteiger partial charge in [0.05, 0.1) is 17.0 Å². The lowest BCUT2D eigenvalue weighted by molar-refractivity contribution is 0.136. The Bertz CT molecular complexity index is 487. The summed E-state index contributed by atoms with van der Waals surface area (Å²) in [5, 5.41) is 13.7. The average molecular weight is 267 g/mol. The van der Waals surface area contributed by atoms with Gasteiger partial charge in [-0.25, -0.2) is 0 Å². The predicted molar refractivity (Wildman–Crippen MR) is 70.6 cm³/mol. The van der Waals surface area contributed by atoms with Gasteiger partial charge in [0.15, 0.2) is 0 Å². The van der Waals surface area contributed by atoms with Crippen LogP contribution in [-0.4, -0.2) is 16.1 Å². The molecule has 0 aliphatic carbocycles. The minimum atomic E-state index is -0.622. The highest BCUT2D eigenvalue weighted by atomic mass is 35.5. The highest BCUT2D eigenvalue weighted by Gasteiger charge is 2.15. The summed E-state index contributed by atoms with van der Waals surface area (Å²) in [5.41, 5.74) is 0.811. The predicted octanol–water partition coefficient (Wildman–Crippen LogP) is 3.25. The fourth-order valence-electron chi connectivity index (χ4n) is 1.75. The van der Waals surface area contributed by atoms with Crippen molar-refractivity contribution in [2.75, 3.05) is 5.32 Å². The van der Waals surface area contributed by atoms with Crippen LogP contribution in [0.4, 0.5) is 5.69 Å². The number of nitrogens with one attached hydrogen (secondary N) is 1. The number of aliphatic hydroxyl groups excluding tert-OH is 1. The van der Waals surface area contributed by atoms with Crippen LogP contribution in [0, 0.1) is 0 Å². The summed E-state index contributed by atoms with van der Waals surface area (Å²) < 4.78 is 5.16. The number of nitrogens with zero attached hydrogens (tertiary/aromatic N) is 1. The lowest BCUT2D eigenvalue weighted by atomic mass is 10.1. The van der Waals surface area contributed by atoms with E-state index in [-0.39, 0.29) is 6.04 Å². The Balaban J connectivity index is 1.93. The number of furan rings is 1. The average Bonchev–Trinajstić information content (AvgIpc) is 2.85. The first-order valence-corrected chi connectivity index (χ1v) is 6.12. The first-order valence-electron chi connectivity index (χ1n) is 5.74. The van der Waals surface area contributed by atoms with Gasteiger partial charge in [0, 0.05) is 24.9 Å². The number of hydrogen-bond donors (Lipinski definition) is 2. The molecule has 0 radical (unpaired) electrons. The molecule has 4 nitrogen and oxygen atoms in total. The van der Waals surface area contributed by atoms with E-state index >= 15 is 0 Å². The van der Waals surface area contributed by atoms with Crippen LogP contribution in [-0.2, 0) is 0 Å². The fraction of sp³-hybridized carbons (Fsp3) is 0.308. The highest BCUT2D eigenvalue weighted by Crippen LogP contribution is 2.24. The van der Waals surface area contributed by atoms with Gasteiger partial charge in [-0.05, 0) is 25.1 Å². The van der Waals surface area contributed by atoms with Crippen molar-refractivity contribution >= 4 is 17.3 Å². The van der Waals surface area contributed by atoms with E-state index in [9.17, 15) is 5.11 Å². The van der Waals surface area contributed by atoms with Crippen LogP contribution in [0.3, 0.4) is 0 Å². The number of pyridine rings is 1. The van der Waals surface area contributed by atoms with E-state index in [1.165, 1.54) is 0 Å². The Morgan fingerprint density at radius 1 is 1.50 bits per heavy atom. The molecular formula is C13H15ClN2O2. The van der Waals surface area contributed by atoms with Crippen molar-refractivity contribution in [3.8, 4) is 0 Å². The topological polar surface area (TPSA) is 58.3 Å². The summed E-state index contributed by atoms with van der Waals surface area (Å²) in [7, 11) is 0. The number of halogens is 1. The summed E-state index contributed by atoms with van der Waals surface area (Å²) in [4.78, 5) is 3.92. The molecule has 0 amide bonds. The molecule has 2 N–H and O–H groups in total. The van der Waals surface area contributed by atoms with Gasteiger partial charge < -0.3 is 14.8 Å². The van der Waals surface area contributed by atoms with Crippen molar-refractivity contribution in [2.45, 2.75) is 25.5 Å². The van der Waals surface area contributed by atoms with E-state index in [1.807, 2.05) is 6.92 Å². The Hall–Kier alpha value is -1.52. The van der Waals surface area contributed by atoms with Crippen LogP contribution < -0.4 is 5.32 Å². The highest BCUT2D eigenvalue weighted by molar-refractivity contribution is 6.33. The zero-order valence-corrected chi connectivity index (χ0v) is 10.8. The zero-order valence-electron chi connectivity index (χ0n) is 10.0. The third kappa shape index (κ3) is 3.24. The molecule has 0 aliphatic rings. The monoisotopic (exact) mass is 266 g/mol. The number of aromatic nitrogens is 1. The molecule has 0 bridgehead atoms. The summed E-state index contributed by atoms with van der Waals surface area (Å²) >= 11 is 6.00. The third-order valence-electron chi connectivity index (χ3n) is 2.62. The SMILES string of the molecule is C[C@H](C[C@H](O)c1ccco1)Nc1ccncc1Cl. The maximum atomic E-state index is 9.95. The minimum absolute atomic E-state index is 0.0602. The largest absolute Gasteiger partial charge is 0.467 e. The van der Waals surface area contributed by atoms with Crippen molar-refractivity contribution in [3.05, 3.63) is 47.6 Å². The first kappa shape index (κ1) is 12.9. The summed E-state index contributed by atoms with van der Waals surface area (Å²) in [6, 6.07) is 5.38. The molecular weight excluding hydrogens is 252 g/mol. The van der Waals surface area contributed by atoms with Crippen molar-refractivity contribution < 1.29 is 9.52 Å². The summed E-state index contributed by atoms with van der Waals surface area (Å²) in [6.07, 6.45) is 4.72. The van der Waals surface area contributed by atoms with Gasteiger partial charge in [-0.2, -0.15) is 0 Å². The second-order valence-electron chi connectivity index (χ2n) is 4.17. The Kier molecular flexibility index (Phi) is 4.23. The Morgan fingerprint density at radius 3 is 3.00 bits per heavy atom. The van der Waals surface area contributed by atoms with Crippen LogP contribution in [0.15, 0.2) is 41.3 Å². The molecule has 2 aromatic heterocycles. The normalized spacial score (nSPS) is 14.2. The molecule has 2 atom stereocenters. The molecule has 2 heterocycles. The molecule has 0 aromatic carbocycles. The molecule has 0 saturated heterocycles. The summed E-state index contributed by atoms with van der Waals surface area (Å²) in [5.74, 6) is 0.574. The van der Waals surface area contributed by atoms with Crippen molar-refractivity contribution in [3.63, 3.8) is 0 Å². The fourth-order valence-corrected chi connectivity index (χ4v) is 1.92. The van der Waals surface area contributed by atoms with Crippen LogP contribution in [0.5, 0.6) is 0 Å². The number of rotatable bonds is 5. The van der Waals surface area contributed by atoms with Gasteiger partial charge in [-0.1, -0.05) is 11.6 Å². The molecule has 0 spiro atoms. The lowest BCUT2D eigenvalue weighted by Crippen LogP contribution is -2.18. The van der Waals surface area contributed by atoms with Crippen molar-refractivity contribution in [1.29, 1.82) is 0 Å². The van der Waals surface area contributed by atoms with Gasteiger partial charge in [-0.15, -0.1) is 0 Å². The molecule has 2 rings (SSSR count). The van der Waals surface area contributed by atoms with Gasteiger partial charge in [0.2, 0.25) is 0 Å². The van der Waals surface area contributed by atoms with Crippen molar-refractivity contribution in [2.24, 2.45) is 0 Å².